The van der Waals surface area contributed by atoms with Crippen LogP contribution in [0.25, 0.3) is 0 Å². The van der Waals surface area contributed by atoms with Crippen LogP contribution in [-0.2, 0) is 9.53 Å². The molecule has 0 spiro atoms. The molecule has 0 fully saturated rings. The number of ether oxygens (including phenoxy) is 1. The van der Waals surface area contributed by atoms with Crippen LogP contribution in [0.5, 0.6) is 0 Å². The van der Waals surface area contributed by atoms with Gasteiger partial charge in [0, 0.05) is 5.57 Å². The van der Waals surface area contributed by atoms with Crippen LogP contribution < -0.4 is 0 Å². The second-order valence-corrected chi connectivity index (χ2v) is 4.78. The van der Waals surface area contributed by atoms with Crippen LogP contribution in [0.1, 0.15) is 20.3 Å². The zero-order valence-corrected chi connectivity index (χ0v) is 9.71. The molecule has 0 aliphatic carbocycles. The molecule has 2 nitrogen and oxygen atoms in total. The minimum Gasteiger partial charge on any atom is -0.501 e. The molecule has 0 saturated carbocycles. The van der Waals surface area contributed by atoms with Gasteiger partial charge in [-0.3, -0.25) is 4.79 Å². The molecule has 0 rings (SSSR count). The standard InChI is InChI=1S/C8H11Cl3O2/c1-3-4-13-5-6(2)7(12)8(9,10)11/h5H,3-4H2,1-2H3/b6-5+. The molecule has 76 valence electrons. The Labute approximate surface area is 92.8 Å². The highest BCUT2D eigenvalue weighted by Crippen LogP contribution is 2.29. The lowest BCUT2D eigenvalue weighted by Gasteiger charge is -2.09. The van der Waals surface area contributed by atoms with Gasteiger partial charge < -0.3 is 4.74 Å². The van der Waals surface area contributed by atoms with E-state index in [1.807, 2.05) is 6.92 Å². The van der Waals surface area contributed by atoms with Crippen molar-refractivity contribution in [3.05, 3.63) is 11.8 Å². The fourth-order valence-electron chi connectivity index (χ4n) is 0.579. The van der Waals surface area contributed by atoms with Crippen LogP contribution in [0.15, 0.2) is 11.8 Å². The quantitative estimate of drug-likeness (QED) is 0.329. The van der Waals surface area contributed by atoms with E-state index in [1.54, 1.807) is 6.92 Å². The number of halogens is 3. The molecule has 0 aromatic rings. The first-order valence-electron chi connectivity index (χ1n) is 3.79. The van der Waals surface area contributed by atoms with Gasteiger partial charge in [0.05, 0.1) is 12.9 Å². The summed E-state index contributed by atoms with van der Waals surface area (Å²) < 4.78 is 3.11. The number of alkyl halides is 3. The van der Waals surface area contributed by atoms with Crippen molar-refractivity contribution in [2.75, 3.05) is 6.61 Å². The molecule has 5 heteroatoms. The molecule has 0 radical (unpaired) electrons. The van der Waals surface area contributed by atoms with Crippen LogP contribution in [0.4, 0.5) is 0 Å². The largest absolute Gasteiger partial charge is 0.501 e. The van der Waals surface area contributed by atoms with E-state index in [-0.39, 0.29) is 0 Å². The number of carbonyl (C=O) groups excluding carboxylic acids is 1. The van der Waals surface area contributed by atoms with Gasteiger partial charge in [-0.15, -0.1) is 0 Å². The molecule has 0 N–H and O–H groups in total. The molecule has 0 aromatic carbocycles. The van der Waals surface area contributed by atoms with E-state index in [1.165, 1.54) is 6.26 Å². The van der Waals surface area contributed by atoms with Gasteiger partial charge in [-0.2, -0.15) is 0 Å². The molecular weight excluding hydrogens is 234 g/mol. The summed E-state index contributed by atoms with van der Waals surface area (Å²) in [6.07, 6.45) is 2.18. The third-order valence-electron chi connectivity index (χ3n) is 1.20. The highest BCUT2D eigenvalue weighted by atomic mass is 35.6. The van der Waals surface area contributed by atoms with Crippen LogP contribution in [0.3, 0.4) is 0 Å². The van der Waals surface area contributed by atoms with Crippen LogP contribution in [-0.4, -0.2) is 16.2 Å². The van der Waals surface area contributed by atoms with Crippen LogP contribution in [0.2, 0.25) is 0 Å². The van der Waals surface area contributed by atoms with E-state index in [4.69, 9.17) is 39.5 Å². The van der Waals surface area contributed by atoms with Crippen LogP contribution >= 0.6 is 34.8 Å². The molecule has 0 atom stereocenters. The Morgan fingerprint density at radius 1 is 1.46 bits per heavy atom. The Bertz CT molecular complexity index is 206. The van der Waals surface area contributed by atoms with Gasteiger partial charge in [0.2, 0.25) is 5.78 Å². The van der Waals surface area contributed by atoms with Crippen molar-refractivity contribution in [3.8, 4) is 0 Å². The predicted octanol–water partition coefficient (Wildman–Crippen LogP) is 3.26. The summed E-state index contributed by atoms with van der Waals surface area (Å²) in [7, 11) is 0. The number of allylic oxidation sites excluding steroid dienone is 1. The second kappa shape index (κ2) is 5.74. The molecule has 13 heavy (non-hydrogen) atoms. The Kier molecular flexibility index (Phi) is 5.77. The Morgan fingerprint density at radius 3 is 2.38 bits per heavy atom. The molecule has 0 aliphatic rings. The smallest absolute Gasteiger partial charge is 0.253 e. The average Bonchev–Trinajstić information content (AvgIpc) is 2.01. The summed E-state index contributed by atoms with van der Waals surface area (Å²) in [5, 5.41) is 0. The van der Waals surface area contributed by atoms with Crippen molar-refractivity contribution in [2.24, 2.45) is 0 Å². The predicted molar refractivity (Wildman–Crippen MR) is 55.3 cm³/mol. The fraction of sp³-hybridized carbons (Fsp3) is 0.625. The maximum atomic E-state index is 11.2. The average molecular weight is 246 g/mol. The van der Waals surface area contributed by atoms with Crippen molar-refractivity contribution in [1.82, 2.24) is 0 Å². The lowest BCUT2D eigenvalue weighted by atomic mass is 10.2. The molecular formula is C8H11Cl3O2. The van der Waals surface area contributed by atoms with Gasteiger partial charge >= 0.3 is 0 Å². The van der Waals surface area contributed by atoms with E-state index in [0.717, 1.165) is 6.42 Å². The summed E-state index contributed by atoms with van der Waals surface area (Å²) in [6, 6.07) is 0. The highest BCUT2D eigenvalue weighted by Gasteiger charge is 2.31. The number of hydrogen-bond acceptors (Lipinski definition) is 2. The molecule has 0 amide bonds. The summed E-state index contributed by atoms with van der Waals surface area (Å²) >= 11 is 16.1. The van der Waals surface area contributed by atoms with Crippen LogP contribution in [0, 0.1) is 0 Å². The number of ketones is 1. The highest BCUT2D eigenvalue weighted by molar-refractivity contribution is 6.77. The van der Waals surface area contributed by atoms with Crippen molar-refractivity contribution in [2.45, 2.75) is 24.1 Å². The summed E-state index contributed by atoms with van der Waals surface area (Å²) in [4.78, 5) is 11.2. The van der Waals surface area contributed by atoms with E-state index >= 15 is 0 Å². The number of hydrogen-bond donors (Lipinski definition) is 0. The topological polar surface area (TPSA) is 26.3 Å². The van der Waals surface area contributed by atoms with Gasteiger partial charge in [0.1, 0.15) is 0 Å². The lowest BCUT2D eigenvalue weighted by Crippen LogP contribution is -2.19. The van der Waals surface area contributed by atoms with Crippen molar-refractivity contribution >= 4 is 40.6 Å². The normalized spacial score (nSPS) is 12.8. The van der Waals surface area contributed by atoms with Gasteiger partial charge in [0.25, 0.3) is 3.79 Å². The zero-order valence-electron chi connectivity index (χ0n) is 7.44. The zero-order chi connectivity index (χ0) is 10.5. The SMILES string of the molecule is CCCO/C=C(\C)C(=O)C(Cl)(Cl)Cl. The summed E-state index contributed by atoms with van der Waals surface area (Å²) in [5.74, 6) is -0.561. The van der Waals surface area contributed by atoms with E-state index in [0.29, 0.717) is 12.2 Å². The first-order chi connectivity index (χ1) is 5.89. The Hall–Kier alpha value is 0.0800. The van der Waals surface area contributed by atoms with Crippen molar-refractivity contribution < 1.29 is 9.53 Å². The molecule has 0 unspecified atom stereocenters. The van der Waals surface area contributed by atoms with Gasteiger partial charge in [-0.1, -0.05) is 41.7 Å². The van der Waals surface area contributed by atoms with Crippen molar-refractivity contribution in [3.63, 3.8) is 0 Å². The van der Waals surface area contributed by atoms with Crippen molar-refractivity contribution in [1.29, 1.82) is 0 Å². The minimum atomic E-state index is -1.89. The summed E-state index contributed by atoms with van der Waals surface area (Å²) in [6.45, 7) is 4.05. The second-order valence-electron chi connectivity index (χ2n) is 2.50. The number of Topliss-reactive ketones (excluding diaryl/α,β-unsaturated/α-hetero) is 1. The first kappa shape index (κ1) is 13.1. The lowest BCUT2D eigenvalue weighted by molar-refractivity contribution is -0.114. The van der Waals surface area contributed by atoms with E-state index in [9.17, 15) is 4.79 Å². The minimum absolute atomic E-state index is 0.299. The molecule has 0 aliphatic heterocycles. The molecule has 0 saturated heterocycles. The molecule has 0 heterocycles. The summed E-state index contributed by atoms with van der Waals surface area (Å²) in [5.41, 5.74) is 0.299. The van der Waals surface area contributed by atoms with Gasteiger partial charge in [-0.05, 0) is 13.3 Å². The third kappa shape index (κ3) is 5.40. The monoisotopic (exact) mass is 244 g/mol. The van der Waals surface area contributed by atoms with E-state index in [2.05, 4.69) is 0 Å². The first-order valence-corrected chi connectivity index (χ1v) is 4.93. The molecule has 0 bridgehead atoms. The molecule has 0 aromatic heterocycles. The van der Waals surface area contributed by atoms with E-state index < -0.39 is 9.58 Å². The fourth-order valence-corrected chi connectivity index (χ4v) is 1.03. The number of rotatable bonds is 4. The van der Waals surface area contributed by atoms with Gasteiger partial charge in [-0.25, -0.2) is 0 Å². The Morgan fingerprint density at radius 2 is 2.00 bits per heavy atom. The number of carbonyl (C=O) groups is 1. The maximum Gasteiger partial charge on any atom is 0.253 e. The third-order valence-corrected chi connectivity index (χ3v) is 1.71. The Balaban J connectivity index is 4.18. The maximum absolute atomic E-state index is 11.2. The van der Waals surface area contributed by atoms with Gasteiger partial charge in [0.15, 0.2) is 0 Å².